The maximum absolute atomic E-state index is 12.2. The van der Waals surface area contributed by atoms with Crippen molar-refractivity contribution in [3.63, 3.8) is 0 Å². The molecule has 19 heavy (non-hydrogen) atoms. The van der Waals surface area contributed by atoms with Crippen LogP contribution >= 0.6 is 0 Å². The molecule has 0 aromatic carbocycles. The van der Waals surface area contributed by atoms with Crippen molar-refractivity contribution >= 4 is 16.0 Å². The number of nitrogens with one attached hydrogen (secondary N) is 1. The molecule has 1 aliphatic rings. The summed E-state index contributed by atoms with van der Waals surface area (Å²) in [4.78, 5) is 10.9. The molecule has 1 heterocycles. The summed E-state index contributed by atoms with van der Waals surface area (Å²) in [6, 6.07) is 1.06. The van der Waals surface area contributed by atoms with Crippen LogP contribution in [0, 0.1) is 5.92 Å². The van der Waals surface area contributed by atoms with E-state index in [0.29, 0.717) is 5.92 Å². The van der Waals surface area contributed by atoms with Crippen molar-refractivity contribution in [2.75, 3.05) is 0 Å². The first-order chi connectivity index (χ1) is 8.81. The zero-order valence-corrected chi connectivity index (χ0v) is 11.8. The summed E-state index contributed by atoms with van der Waals surface area (Å²) < 4.78 is 28.2. The van der Waals surface area contributed by atoms with Crippen LogP contribution in [0.25, 0.3) is 0 Å². The number of carboxylic acid groups (broad SMARTS) is 1. The third-order valence-corrected chi connectivity index (χ3v) is 5.23. The lowest BCUT2D eigenvalue weighted by Gasteiger charge is -2.31. The van der Waals surface area contributed by atoms with Crippen LogP contribution in [0.15, 0.2) is 17.2 Å². The number of aromatic nitrogens is 1. The molecule has 1 aromatic heterocycles. The summed E-state index contributed by atoms with van der Waals surface area (Å²) in [5.74, 6) is -0.756. The number of hydrogen-bond acceptors (Lipinski definition) is 3. The second-order valence-electron chi connectivity index (χ2n) is 5.08. The molecule has 6 nitrogen and oxygen atoms in total. The first-order valence-electron chi connectivity index (χ1n) is 6.23. The van der Waals surface area contributed by atoms with E-state index in [9.17, 15) is 13.2 Å². The molecule has 2 N–H and O–H groups in total. The van der Waals surface area contributed by atoms with Gasteiger partial charge in [-0.15, -0.1) is 0 Å². The smallest absolute Gasteiger partial charge is 0.352 e. The van der Waals surface area contributed by atoms with Crippen molar-refractivity contribution in [1.29, 1.82) is 0 Å². The van der Waals surface area contributed by atoms with E-state index in [-0.39, 0.29) is 16.6 Å². The number of nitrogens with zero attached hydrogens (tertiary/aromatic N) is 1. The zero-order chi connectivity index (χ0) is 14.2. The minimum absolute atomic E-state index is 0.00132. The van der Waals surface area contributed by atoms with Crippen LogP contribution in [-0.2, 0) is 17.1 Å². The lowest BCUT2D eigenvalue weighted by atomic mass is 9.81. The van der Waals surface area contributed by atoms with Crippen LogP contribution in [0.1, 0.15) is 36.7 Å². The van der Waals surface area contributed by atoms with Gasteiger partial charge >= 0.3 is 5.97 Å². The Bertz CT molecular complexity index is 587. The van der Waals surface area contributed by atoms with Crippen LogP contribution in [0.2, 0.25) is 0 Å². The predicted octanol–water partition coefficient (Wildman–Crippen LogP) is 1.19. The highest BCUT2D eigenvalue weighted by molar-refractivity contribution is 7.89. The molecule has 0 aliphatic heterocycles. The second kappa shape index (κ2) is 4.97. The maximum atomic E-state index is 12.2. The molecule has 1 saturated carbocycles. The van der Waals surface area contributed by atoms with Gasteiger partial charge in [0.2, 0.25) is 10.0 Å². The standard InChI is InChI=1S/C12H18N2O4S/c1-8(9-4-3-5-9)13-19(17,18)10-6-11(12(15)16)14(2)7-10/h6-9,13H,3-5H2,1-2H3,(H,15,16). The molecule has 0 radical (unpaired) electrons. The highest BCUT2D eigenvalue weighted by atomic mass is 32.2. The van der Waals surface area contributed by atoms with Gasteiger partial charge in [-0.2, -0.15) is 0 Å². The van der Waals surface area contributed by atoms with Crippen LogP contribution in [0.4, 0.5) is 0 Å². The zero-order valence-electron chi connectivity index (χ0n) is 11.0. The van der Waals surface area contributed by atoms with Crippen molar-refractivity contribution in [1.82, 2.24) is 9.29 Å². The van der Waals surface area contributed by atoms with E-state index >= 15 is 0 Å². The van der Waals surface area contributed by atoms with Crippen LogP contribution < -0.4 is 4.72 Å². The molecule has 1 unspecified atom stereocenters. The van der Waals surface area contributed by atoms with Crippen LogP contribution in [0.3, 0.4) is 0 Å². The molecule has 0 bridgehead atoms. The van der Waals surface area contributed by atoms with Crippen molar-refractivity contribution in [2.45, 2.75) is 37.1 Å². The molecule has 2 rings (SSSR count). The summed E-state index contributed by atoms with van der Waals surface area (Å²) in [7, 11) is -2.14. The summed E-state index contributed by atoms with van der Waals surface area (Å²) in [6.07, 6.45) is 4.54. The quantitative estimate of drug-likeness (QED) is 0.851. The van der Waals surface area contributed by atoms with Crippen molar-refractivity contribution < 1.29 is 18.3 Å². The molecular formula is C12H18N2O4S. The SMILES string of the molecule is CC(NS(=O)(=O)c1cc(C(=O)O)n(C)c1)C1CCC1. The van der Waals surface area contributed by atoms with Gasteiger partial charge in [-0.25, -0.2) is 17.9 Å². The topological polar surface area (TPSA) is 88.4 Å². The Kier molecular flexibility index (Phi) is 3.69. The predicted molar refractivity (Wildman–Crippen MR) is 69.5 cm³/mol. The number of rotatable bonds is 5. The summed E-state index contributed by atoms with van der Waals surface area (Å²) in [5.41, 5.74) is -0.0447. The Hall–Kier alpha value is -1.34. The van der Waals surface area contributed by atoms with E-state index < -0.39 is 16.0 Å². The highest BCUT2D eigenvalue weighted by Gasteiger charge is 2.29. The summed E-state index contributed by atoms with van der Waals surface area (Å²) in [5, 5.41) is 8.93. The fourth-order valence-electron chi connectivity index (χ4n) is 2.24. The largest absolute Gasteiger partial charge is 0.477 e. The normalized spacial score (nSPS) is 18.0. The molecule has 1 atom stereocenters. The van der Waals surface area contributed by atoms with Gasteiger partial charge in [-0.1, -0.05) is 6.42 Å². The van der Waals surface area contributed by atoms with E-state index in [1.165, 1.54) is 23.9 Å². The van der Waals surface area contributed by atoms with E-state index in [0.717, 1.165) is 19.3 Å². The van der Waals surface area contributed by atoms with Gasteiger partial charge in [0.15, 0.2) is 0 Å². The average Bonchev–Trinajstić information content (AvgIpc) is 2.57. The molecular weight excluding hydrogens is 268 g/mol. The lowest BCUT2D eigenvalue weighted by molar-refractivity contribution is 0.0686. The van der Waals surface area contributed by atoms with Gasteiger partial charge in [0.05, 0.1) is 0 Å². The van der Waals surface area contributed by atoms with Crippen molar-refractivity contribution in [2.24, 2.45) is 13.0 Å². The maximum Gasteiger partial charge on any atom is 0.352 e. The number of hydrogen-bond donors (Lipinski definition) is 2. The third kappa shape index (κ3) is 2.82. The molecule has 0 amide bonds. The monoisotopic (exact) mass is 286 g/mol. The molecule has 1 fully saturated rings. The number of sulfonamides is 1. The Labute approximate surface area is 112 Å². The second-order valence-corrected chi connectivity index (χ2v) is 6.79. The number of aromatic carboxylic acids is 1. The molecule has 1 aliphatic carbocycles. The number of carbonyl (C=O) groups is 1. The number of aryl methyl sites for hydroxylation is 1. The van der Waals surface area contributed by atoms with Gasteiger partial charge in [0.1, 0.15) is 10.6 Å². The Morgan fingerprint density at radius 1 is 1.53 bits per heavy atom. The average molecular weight is 286 g/mol. The summed E-state index contributed by atoms with van der Waals surface area (Å²) >= 11 is 0. The fourth-order valence-corrected chi connectivity index (χ4v) is 3.62. The first kappa shape index (κ1) is 14.1. The molecule has 106 valence electrons. The highest BCUT2D eigenvalue weighted by Crippen LogP contribution is 2.30. The van der Waals surface area contributed by atoms with Crippen LogP contribution in [-0.4, -0.2) is 30.1 Å². The third-order valence-electron chi connectivity index (χ3n) is 3.71. The Morgan fingerprint density at radius 2 is 2.16 bits per heavy atom. The fraction of sp³-hybridized carbons (Fsp3) is 0.583. The van der Waals surface area contributed by atoms with E-state index in [1.54, 1.807) is 0 Å². The molecule has 0 spiro atoms. The molecule has 1 aromatic rings. The van der Waals surface area contributed by atoms with Gasteiger partial charge in [-0.05, 0) is 31.7 Å². The van der Waals surface area contributed by atoms with Gasteiger partial charge in [0, 0.05) is 19.3 Å². The molecule has 7 heteroatoms. The van der Waals surface area contributed by atoms with Gasteiger partial charge in [-0.3, -0.25) is 0 Å². The summed E-state index contributed by atoms with van der Waals surface area (Å²) in [6.45, 7) is 1.85. The minimum Gasteiger partial charge on any atom is -0.477 e. The van der Waals surface area contributed by atoms with Crippen molar-refractivity contribution in [3.05, 3.63) is 18.0 Å². The van der Waals surface area contributed by atoms with E-state index in [4.69, 9.17) is 5.11 Å². The van der Waals surface area contributed by atoms with Crippen molar-refractivity contribution in [3.8, 4) is 0 Å². The minimum atomic E-state index is -3.65. The Morgan fingerprint density at radius 3 is 2.58 bits per heavy atom. The lowest BCUT2D eigenvalue weighted by Crippen LogP contribution is -2.40. The molecule has 0 saturated heterocycles. The first-order valence-corrected chi connectivity index (χ1v) is 7.71. The Balaban J connectivity index is 2.19. The van der Waals surface area contributed by atoms with Gasteiger partial charge in [0.25, 0.3) is 0 Å². The van der Waals surface area contributed by atoms with Crippen LogP contribution in [0.5, 0.6) is 0 Å². The number of carboxylic acids is 1. The van der Waals surface area contributed by atoms with E-state index in [1.807, 2.05) is 6.92 Å². The van der Waals surface area contributed by atoms with Gasteiger partial charge < -0.3 is 9.67 Å². The van der Waals surface area contributed by atoms with E-state index in [2.05, 4.69) is 4.72 Å².